The number of nitrogens with zero attached hydrogens (tertiary/aromatic N) is 14. The van der Waals surface area contributed by atoms with Crippen LogP contribution in [-0.4, -0.2) is 86.2 Å². The number of anilines is 3. The van der Waals surface area contributed by atoms with Crippen molar-refractivity contribution >= 4 is 51.8 Å². The summed E-state index contributed by atoms with van der Waals surface area (Å²) in [5, 5.41) is 7.94. The summed E-state index contributed by atoms with van der Waals surface area (Å²) >= 11 is 0. The monoisotopic (exact) mass is 1460 g/mol. The Hall–Kier alpha value is -14.5. The second-order valence-electron chi connectivity index (χ2n) is 23.4. The minimum atomic E-state index is -3.11. The quantitative estimate of drug-likeness (QED) is 0.0561. The van der Waals surface area contributed by atoms with Gasteiger partial charge in [0.05, 0.1) is 95.2 Å². The molecule has 0 atom stereocenters. The fourth-order valence-corrected chi connectivity index (χ4v) is 10.0. The summed E-state index contributed by atoms with van der Waals surface area (Å²) < 4.78 is 276. The SMILES string of the molecule is [2H]c1nc(=Nc2c([2H])c(C(=O)Nc3cc(C)cc(-n4ccc(C)c4)c3)c([2H])c([2H])c2C([2H])([2H])[2H])[nH]c(-c2c([2H])nc([2H])c([2H])c2[2H])c1[2H].[2H]c1nc(=Nc2c([2H])c(C(=O)Nc3cc(C)cc(-n4cnc(C)c4)c3)c([2H])c([2H])c2C([2H])([2H])[2H])[nH]c(-c2c([2H])nc([2H])c([2H])c2[2H])c1[2H].[2H]c1nc(=Nc2c([2H])c(C(=O)Nc3cc(C)cc(-n4cnc(C)c4)c3)c([2H])c([2H])c2C)[nH]c(-c2c([2H])nc([2H])c([2H])c2[2H])c1[2H]. The number of benzene rings is 6. The molecule has 3 amide bonds. The summed E-state index contributed by atoms with van der Waals surface area (Å²) in [5.41, 5.74) is -0.960. The Morgan fingerprint density at radius 3 is 1.10 bits per heavy atom. The van der Waals surface area contributed by atoms with E-state index in [9.17, 15) is 14.4 Å². The van der Waals surface area contributed by atoms with Gasteiger partial charge in [0.2, 0.25) is 16.9 Å². The lowest BCUT2D eigenvalue weighted by Crippen LogP contribution is -2.14. The van der Waals surface area contributed by atoms with Gasteiger partial charge in [-0.05, 0) is 252 Å². The maximum absolute atomic E-state index is 13.6. The molecule has 23 nitrogen and oxygen atoms in total. The summed E-state index contributed by atoms with van der Waals surface area (Å²) in [4.78, 5) is 91.6. The van der Waals surface area contributed by atoms with Crippen LogP contribution in [-0.2, 0) is 0 Å². The predicted molar refractivity (Wildman–Crippen MR) is 420 cm³/mol. The molecule has 0 spiro atoms. The van der Waals surface area contributed by atoms with Crippen molar-refractivity contribution in [2.75, 3.05) is 16.0 Å². The number of carbonyl (C=O) groups is 3. The molecule has 0 saturated carbocycles. The number of nitrogens with one attached hydrogen (secondary N) is 6. The van der Waals surface area contributed by atoms with Crippen LogP contribution in [0.4, 0.5) is 34.1 Å². The molecule has 108 heavy (non-hydrogen) atoms. The van der Waals surface area contributed by atoms with E-state index in [1.54, 1.807) is 78.2 Å². The molecule has 6 aromatic carbocycles. The van der Waals surface area contributed by atoms with E-state index in [-0.39, 0.29) is 39.9 Å². The van der Waals surface area contributed by atoms with Crippen molar-refractivity contribution < 1.29 is 59.6 Å². The lowest BCUT2D eigenvalue weighted by atomic mass is 10.1. The van der Waals surface area contributed by atoms with Gasteiger partial charge in [0.25, 0.3) is 17.7 Å². The average Bonchev–Trinajstić information content (AvgIpc) is 0.946. The first-order valence-electron chi connectivity index (χ1n) is 48.5. The highest BCUT2D eigenvalue weighted by molar-refractivity contribution is 6.06. The fourth-order valence-electron chi connectivity index (χ4n) is 10.0. The molecule has 0 aliphatic rings. The highest BCUT2D eigenvalue weighted by Crippen LogP contribution is 2.28. The van der Waals surface area contributed by atoms with Crippen molar-refractivity contribution in [1.82, 2.24) is 68.5 Å². The van der Waals surface area contributed by atoms with Gasteiger partial charge >= 0.3 is 0 Å². The minimum Gasteiger partial charge on any atom is -0.324 e. The number of aromatic amines is 3. The number of hydrogen-bond acceptors (Lipinski definition) is 14. The van der Waals surface area contributed by atoms with Crippen LogP contribution in [0.15, 0.2) is 277 Å². The Morgan fingerprint density at radius 1 is 0.398 bits per heavy atom. The number of aromatic nitrogens is 14. The van der Waals surface area contributed by atoms with Gasteiger partial charge in [0, 0.05) is 156 Å². The van der Waals surface area contributed by atoms with Crippen molar-refractivity contribution in [3.05, 3.63) is 346 Å². The third kappa shape index (κ3) is 18.5. The van der Waals surface area contributed by atoms with E-state index in [1.807, 2.05) is 75.1 Å². The van der Waals surface area contributed by atoms with Gasteiger partial charge in [-0.25, -0.2) is 39.9 Å². The summed E-state index contributed by atoms with van der Waals surface area (Å²) in [6, 6.07) is 5.42. The molecule has 23 heteroatoms. The molecular formula is C85H76N20O3. The zero-order chi connectivity index (χ0) is 104. The van der Waals surface area contributed by atoms with Crippen LogP contribution in [0.25, 0.3) is 50.8 Å². The molecule has 15 aromatic rings. The van der Waals surface area contributed by atoms with E-state index < -0.39 is 263 Å². The van der Waals surface area contributed by atoms with Crippen LogP contribution in [0.1, 0.15) is 127 Å². The van der Waals surface area contributed by atoms with E-state index in [4.69, 9.17) is 45.2 Å². The lowest BCUT2D eigenvalue weighted by molar-refractivity contribution is 0.101. The number of H-pyrrole nitrogens is 3. The predicted octanol–water partition coefficient (Wildman–Crippen LogP) is 15.8. The van der Waals surface area contributed by atoms with Gasteiger partial charge < -0.3 is 44.6 Å². The Labute approximate surface area is 668 Å². The molecule has 6 N–H and O–H groups in total. The van der Waals surface area contributed by atoms with Crippen LogP contribution >= 0.6 is 0 Å². The van der Waals surface area contributed by atoms with E-state index in [0.29, 0.717) is 22.7 Å². The molecule has 0 fully saturated rings. The van der Waals surface area contributed by atoms with Gasteiger partial charge in [-0.15, -0.1) is 0 Å². The summed E-state index contributed by atoms with van der Waals surface area (Å²) in [6.07, 6.45) is 4.59. The Kier molecular flexibility index (Phi) is 12.7. The third-order valence-electron chi connectivity index (χ3n) is 14.9. The Bertz CT molecular complexity index is 7670. The number of imidazole rings is 2. The maximum Gasteiger partial charge on any atom is 0.255 e. The molecule has 0 bridgehead atoms. The van der Waals surface area contributed by atoms with Gasteiger partial charge in [-0.1, -0.05) is 18.1 Å². The second kappa shape index (κ2) is 32.9. The molecule has 0 aliphatic heterocycles. The number of aryl methyl sites for hydroxylation is 6. The van der Waals surface area contributed by atoms with Gasteiger partial charge in [0.15, 0.2) is 0 Å². The van der Waals surface area contributed by atoms with Crippen molar-refractivity contribution in [2.45, 2.75) is 62.2 Å². The molecule has 0 saturated heterocycles. The van der Waals surface area contributed by atoms with Crippen LogP contribution in [0.3, 0.4) is 0 Å². The largest absolute Gasteiger partial charge is 0.324 e. The first-order valence-corrected chi connectivity index (χ1v) is 32.0. The number of pyridine rings is 3. The average molecular weight is 1460 g/mol. The van der Waals surface area contributed by atoms with E-state index in [2.05, 4.69) is 85.8 Å². The molecular weight excluding hydrogens is 1350 g/mol. The number of amides is 3. The van der Waals surface area contributed by atoms with E-state index in [1.165, 1.54) is 6.92 Å². The topological polar surface area (TPSA) is 290 Å². The Balaban J connectivity index is 0.000000178. The smallest absolute Gasteiger partial charge is 0.255 e. The summed E-state index contributed by atoms with van der Waals surface area (Å²) in [6.45, 7) is 6.24. The first kappa shape index (κ1) is 41.7. The molecule has 15 rings (SSSR count). The highest BCUT2D eigenvalue weighted by atomic mass is 16.2. The van der Waals surface area contributed by atoms with E-state index >= 15 is 0 Å². The standard InChI is InChI=1S/C29H26N6O.2C28H25N7O/c1-19-9-12-35(18-19)25-14-20(2)13-24(16-25)32-28(36)22-7-6-21(3)27(15-22)34-29-31-11-8-26(33-29)23-5-4-10-30-17-23;2*1-18-11-23(14-24(12-18)35-16-20(3)31-17-35)32-27(36)21-7-6-19(2)26(13-21)34-28-30-10-8-25(33-28)22-5-4-9-29-15-22/h4-18H,1-3H3,(H,32,36)(H,31,33,34);2*4-17H,1-3H3,(H,32,36)(H,30,33,34)/i3D3,4D,5D,6D,7D,8D,10D,11D,15D,17D;2D3,4D,5D,6D,7D,8D,9D,10D,13D,15D;4D,5D,6D,7D,8D,9D,10D,13D,15D. The van der Waals surface area contributed by atoms with Crippen LogP contribution in [0.2, 0.25) is 0 Å². The summed E-state index contributed by atoms with van der Waals surface area (Å²) in [5.74, 6) is -2.82. The van der Waals surface area contributed by atoms with Crippen LogP contribution < -0.4 is 32.8 Å². The number of carbonyl (C=O) groups excluding carboxylic acids is 3. The third-order valence-corrected chi connectivity index (χ3v) is 14.9. The molecule has 9 heterocycles. The summed E-state index contributed by atoms with van der Waals surface area (Å²) in [7, 11) is 0. The van der Waals surface area contributed by atoms with Crippen molar-refractivity contribution in [2.24, 2.45) is 15.0 Å². The molecule has 0 unspecified atom stereocenters. The second-order valence-corrected chi connectivity index (χ2v) is 23.4. The van der Waals surface area contributed by atoms with Crippen molar-refractivity contribution in [1.29, 1.82) is 0 Å². The minimum absolute atomic E-state index is 0.0733. The normalized spacial score (nSPS) is 16.0. The zero-order valence-corrected chi connectivity index (χ0v) is 57.7. The van der Waals surface area contributed by atoms with Crippen molar-refractivity contribution in [3.63, 3.8) is 0 Å². The molecule has 0 aliphatic carbocycles. The Morgan fingerprint density at radius 2 is 0.759 bits per heavy atom. The number of hydrogen-bond donors (Lipinski definition) is 6. The fraction of sp³-hybridized carbons (Fsp3) is 0.106. The number of rotatable bonds is 15. The highest BCUT2D eigenvalue weighted by Gasteiger charge is 2.16. The van der Waals surface area contributed by atoms with Crippen LogP contribution in [0.5, 0.6) is 0 Å². The molecule has 9 aromatic heterocycles. The van der Waals surface area contributed by atoms with Gasteiger partial charge in [-0.3, -0.25) is 29.3 Å². The first-order chi connectivity index (χ1) is 65.9. The van der Waals surface area contributed by atoms with E-state index in [0.717, 1.165) is 39.3 Å². The van der Waals surface area contributed by atoms with Gasteiger partial charge in [-0.2, -0.15) is 0 Å². The molecule has 0 radical (unpaired) electrons. The lowest BCUT2D eigenvalue weighted by Gasteiger charge is -2.11. The van der Waals surface area contributed by atoms with Crippen LogP contribution in [0, 0.1) is 62.2 Å². The zero-order valence-electron chi connectivity index (χ0n) is 90.7. The maximum atomic E-state index is 13.6. The van der Waals surface area contributed by atoms with Gasteiger partial charge in [0.1, 0.15) is 0 Å². The van der Waals surface area contributed by atoms with Crippen molar-refractivity contribution in [3.8, 4) is 50.8 Å². The molecule has 534 valence electrons.